The van der Waals surface area contributed by atoms with Crippen molar-refractivity contribution in [3.8, 4) is 0 Å². The predicted molar refractivity (Wildman–Crippen MR) is 52.7 cm³/mol. The minimum atomic E-state index is -0.794. The average molecular weight is 210 g/mol. The highest BCUT2D eigenvalue weighted by molar-refractivity contribution is 5.66. The van der Waals surface area contributed by atoms with Crippen molar-refractivity contribution in [3.05, 3.63) is 17.7 Å². The van der Waals surface area contributed by atoms with Gasteiger partial charge >= 0.3 is 5.97 Å². The van der Waals surface area contributed by atoms with Crippen LogP contribution in [0.15, 0.2) is 6.20 Å². The first-order valence-corrected chi connectivity index (χ1v) is 5.09. The highest BCUT2D eigenvalue weighted by atomic mass is 16.5. The van der Waals surface area contributed by atoms with Crippen molar-refractivity contribution in [3.63, 3.8) is 0 Å². The Labute approximate surface area is 87.5 Å². The van der Waals surface area contributed by atoms with Crippen LogP contribution < -0.4 is 0 Å². The number of aliphatic carboxylic acids is 1. The molecule has 1 aromatic heterocycles. The van der Waals surface area contributed by atoms with Crippen molar-refractivity contribution in [2.75, 3.05) is 13.2 Å². The Kier molecular flexibility index (Phi) is 3.01. The number of imidazole rings is 1. The molecule has 1 unspecified atom stereocenters. The fourth-order valence-corrected chi connectivity index (χ4v) is 1.72. The van der Waals surface area contributed by atoms with Gasteiger partial charge in [0.25, 0.3) is 0 Å². The van der Waals surface area contributed by atoms with Crippen LogP contribution in [-0.4, -0.2) is 34.3 Å². The lowest BCUT2D eigenvalue weighted by molar-refractivity contribution is -0.137. The first-order chi connectivity index (χ1) is 7.25. The smallest absolute Gasteiger partial charge is 0.303 e. The van der Waals surface area contributed by atoms with Crippen LogP contribution in [0.4, 0.5) is 0 Å². The van der Waals surface area contributed by atoms with Crippen molar-refractivity contribution in [1.82, 2.24) is 9.97 Å². The van der Waals surface area contributed by atoms with Gasteiger partial charge in [-0.05, 0) is 6.42 Å². The summed E-state index contributed by atoms with van der Waals surface area (Å²) in [6, 6.07) is 0. The fraction of sp³-hybridized carbons (Fsp3) is 0.600. The Bertz CT molecular complexity index is 342. The number of aromatic nitrogens is 2. The second kappa shape index (κ2) is 4.44. The molecule has 0 radical (unpaired) electrons. The number of rotatable bonds is 4. The molecule has 82 valence electrons. The van der Waals surface area contributed by atoms with E-state index >= 15 is 0 Å². The summed E-state index contributed by atoms with van der Waals surface area (Å²) >= 11 is 0. The lowest BCUT2D eigenvalue weighted by atomic mass is 10.1. The summed E-state index contributed by atoms with van der Waals surface area (Å²) in [6.45, 7) is 1.54. The topological polar surface area (TPSA) is 75.2 Å². The van der Waals surface area contributed by atoms with Crippen LogP contribution >= 0.6 is 0 Å². The summed E-state index contributed by atoms with van der Waals surface area (Å²) in [7, 11) is 0. The first kappa shape index (κ1) is 10.2. The number of H-pyrrole nitrogens is 1. The normalized spacial score (nSPS) is 20.7. The molecule has 0 aliphatic carbocycles. The summed E-state index contributed by atoms with van der Waals surface area (Å²) in [4.78, 5) is 17.7. The maximum absolute atomic E-state index is 10.4. The maximum Gasteiger partial charge on any atom is 0.303 e. The van der Waals surface area contributed by atoms with E-state index in [1.165, 1.54) is 0 Å². The minimum Gasteiger partial charge on any atom is -0.481 e. The monoisotopic (exact) mass is 210 g/mol. The van der Waals surface area contributed by atoms with E-state index in [-0.39, 0.29) is 6.42 Å². The molecule has 2 heterocycles. The van der Waals surface area contributed by atoms with Crippen LogP contribution in [-0.2, 0) is 16.0 Å². The summed E-state index contributed by atoms with van der Waals surface area (Å²) in [5.41, 5.74) is 1.06. The lowest BCUT2D eigenvalue weighted by Gasteiger charge is -2.02. The summed E-state index contributed by atoms with van der Waals surface area (Å²) in [6.07, 6.45) is 3.38. The Hall–Kier alpha value is -1.36. The molecule has 0 saturated carbocycles. The molecule has 5 nitrogen and oxygen atoms in total. The molecule has 2 rings (SSSR count). The van der Waals surface area contributed by atoms with Gasteiger partial charge in [-0.25, -0.2) is 4.98 Å². The van der Waals surface area contributed by atoms with Gasteiger partial charge < -0.3 is 14.8 Å². The number of nitrogens with zero attached hydrogens (tertiary/aromatic N) is 1. The van der Waals surface area contributed by atoms with E-state index < -0.39 is 5.97 Å². The molecule has 0 spiro atoms. The van der Waals surface area contributed by atoms with Crippen LogP contribution in [0.5, 0.6) is 0 Å². The standard InChI is InChI=1S/C10H14N2O3/c13-10(14)2-1-9-11-5-8(12-9)7-3-4-15-6-7/h5,7H,1-4,6H2,(H,11,12)(H,13,14). The largest absolute Gasteiger partial charge is 0.481 e. The quantitative estimate of drug-likeness (QED) is 0.775. The molecule has 15 heavy (non-hydrogen) atoms. The lowest BCUT2D eigenvalue weighted by Crippen LogP contribution is -2.00. The van der Waals surface area contributed by atoms with E-state index in [2.05, 4.69) is 9.97 Å². The van der Waals surface area contributed by atoms with Crippen LogP contribution in [0.25, 0.3) is 0 Å². The van der Waals surface area contributed by atoms with Crippen molar-refractivity contribution in [1.29, 1.82) is 0 Å². The molecule has 1 aliphatic heterocycles. The highest BCUT2D eigenvalue weighted by Crippen LogP contribution is 2.23. The molecule has 1 saturated heterocycles. The van der Waals surface area contributed by atoms with E-state index in [0.29, 0.717) is 12.3 Å². The number of hydrogen-bond acceptors (Lipinski definition) is 3. The predicted octanol–water partition coefficient (Wildman–Crippen LogP) is 0.931. The van der Waals surface area contributed by atoms with Crippen LogP contribution in [0, 0.1) is 0 Å². The third-order valence-electron chi connectivity index (χ3n) is 2.59. The Balaban J connectivity index is 1.94. The van der Waals surface area contributed by atoms with E-state index in [9.17, 15) is 4.79 Å². The zero-order chi connectivity index (χ0) is 10.7. The van der Waals surface area contributed by atoms with Gasteiger partial charge in [0.1, 0.15) is 5.82 Å². The average Bonchev–Trinajstić information content (AvgIpc) is 2.85. The molecule has 0 aromatic carbocycles. The second-order valence-corrected chi connectivity index (χ2v) is 3.74. The van der Waals surface area contributed by atoms with Crippen molar-refractivity contribution >= 4 is 5.97 Å². The van der Waals surface area contributed by atoms with Gasteiger partial charge in [0.15, 0.2) is 0 Å². The molecule has 5 heteroatoms. The highest BCUT2D eigenvalue weighted by Gasteiger charge is 2.19. The molecule has 1 aliphatic rings. The number of nitrogens with one attached hydrogen (secondary N) is 1. The zero-order valence-corrected chi connectivity index (χ0v) is 8.40. The number of carbonyl (C=O) groups is 1. The minimum absolute atomic E-state index is 0.119. The molecule has 2 N–H and O–H groups in total. The number of aromatic amines is 1. The third-order valence-corrected chi connectivity index (χ3v) is 2.59. The summed E-state index contributed by atoms with van der Waals surface area (Å²) in [5, 5.41) is 8.53. The molecule has 0 amide bonds. The van der Waals surface area contributed by atoms with Gasteiger partial charge in [-0.2, -0.15) is 0 Å². The van der Waals surface area contributed by atoms with Gasteiger partial charge in [0, 0.05) is 30.8 Å². The summed E-state index contributed by atoms with van der Waals surface area (Å²) < 4.78 is 5.28. The summed E-state index contributed by atoms with van der Waals surface area (Å²) in [5.74, 6) is 0.354. The number of hydrogen-bond donors (Lipinski definition) is 2. The van der Waals surface area contributed by atoms with Crippen molar-refractivity contribution < 1.29 is 14.6 Å². The third kappa shape index (κ3) is 2.56. The number of ether oxygens (including phenoxy) is 1. The molecular weight excluding hydrogens is 196 g/mol. The molecule has 0 bridgehead atoms. The van der Waals surface area contributed by atoms with Crippen LogP contribution in [0.1, 0.15) is 30.3 Å². The van der Waals surface area contributed by atoms with Crippen LogP contribution in [0.3, 0.4) is 0 Å². The molecular formula is C10H14N2O3. The van der Waals surface area contributed by atoms with Gasteiger partial charge in [-0.3, -0.25) is 4.79 Å². The number of carboxylic acids is 1. The van der Waals surface area contributed by atoms with Crippen molar-refractivity contribution in [2.24, 2.45) is 0 Å². The first-order valence-electron chi connectivity index (χ1n) is 5.09. The molecule has 1 atom stereocenters. The van der Waals surface area contributed by atoms with E-state index in [1.807, 2.05) is 0 Å². The Morgan fingerprint density at radius 2 is 2.60 bits per heavy atom. The van der Waals surface area contributed by atoms with E-state index in [4.69, 9.17) is 9.84 Å². The van der Waals surface area contributed by atoms with Crippen molar-refractivity contribution in [2.45, 2.75) is 25.2 Å². The number of carboxylic acid groups (broad SMARTS) is 1. The SMILES string of the molecule is O=C(O)CCc1ncc(C2CCOC2)[nH]1. The Morgan fingerprint density at radius 3 is 3.27 bits per heavy atom. The Morgan fingerprint density at radius 1 is 1.73 bits per heavy atom. The molecule has 1 fully saturated rings. The fourth-order valence-electron chi connectivity index (χ4n) is 1.72. The van der Waals surface area contributed by atoms with Gasteiger partial charge in [-0.15, -0.1) is 0 Å². The number of aryl methyl sites for hydroxylation is 1. The van der Waals surface area contributed by atoms with Gasteiger partial charge in [0.2, 0.25) is 0 Å². The zero-order valence-electron chi connectivity index (χ0n) is 8.40. The maximum atomic E-state index is 10.4. The van der Waals surface area contributed by atoms with Gasteiger partial charge in [-0.1, -0.05) is 0 Å². The van der Waals surface area contributed by atoms with Gasteiger partial charge in [0.05, 0.1) is 13.0 Å². The van der Waals surface area contributed by atoms with Crippen LogP contribution in [0.2, 0.25) is 0 Å². The molecule has 1 aromatic rings. The second-order valence-electron chi connectivity index (χ2n) is 3.74. The van der Waals surface area contributed by atoms with E-state index in [0.717, 1.165) is 31.2 Å². The van der Waals surface area contributed by atoms with E-state index in [1.54, 1.807) is 6.20 Å².